The molecule has 4 nitrogen and oxygen atoms in total. The molecule has 0 bridgehead atoms. The van der Waals surface area contributed by atoms with Crippen LogP contribution in [-0.2, 0) is 7.05 Å². The first kappa shape index (κ1) is 14.3. The summed E-state index contributed by atoms with van der Waals surface area (Å²) in [4.78, 5) is 8.60. The Morgan fingerprint density at radius 3 is 2.05 bits per heavy atom. The highest BCUT2D eigenvalue weighted by Crippen LogP contribution is 2.34. The number of aromatic nitrogens is 4. The second-order valence-corrected chi connectivity index (χ2v) is 5.57. The molecule has 0 aliphatic rings. The highest BCUT2D eigenvalue weighted by molar-refractivity contribution is 6.38. The van der Waals surface area contributed by atoms with E-state index in [1.54, 1.807) is 29.2 Å². The first-order valence-electron chi connectivity index (χ1n) is 6.02. The number of benzene rings is 1. The maximum atomic E-state index is 6.27. The lowest BCUT2D eigenvalue weighted by Crippen LogP contribution is -1.94. The van der Waals surface area contributed by atoms with Gasteiger partial charge in [-0.05, 0) is 17.7 Å². The minimum Gasteiger partial charge on any atom is -0.275 e. The van der Waals surface area contributed by atoms with Crippen LogP contribution in [0.1, 0.15) is 0 Å². The molecule has 106 valence electrons. The van der Waals surface area contributed by atoms with Crippen molar-refractivity contribution in [1.82, 2.24) is 19.7 Å². The third-order valence-corrected chi connectivity index (χ3v) is 3.72. The Morgan fingerprint density at radius 1 is 0.905 bits per heavy atom. The van der Waals surface area contributed by atoms with Gasteiger partial charge in [-0.2, -0.15) is 5.10 Å². The van der Waals surface area contributed by atoms with E-state index in [0.717, 1.165) is 11.1 Å². The molecule has 2 heterocycles. The number of aryl methyl sites for hydroxylation is 1. The second-order valence-electron chi connectivity index (χ2n) is 4.41. The van der Waals surface area contributed by atoms with Gasteiger partial charge in [0.2, 0.25) is 0 Å². The molecule has 0 aliphatic carbocycles. The van der Waals surface area contributed by atoms with E-state index >= 15 is 0 Å². The number of hydrogen-bond acceptors (Lipinski definition) is 3. The topological polar surface area (TPSA) is 43.6 Å². The van der Waals surface area contributed by atoms with Crippen LogP contribution in [0.3, 0.4) is 0 Å². The molecule has 21 heavy (non-hydrogen) atoms. The Balaban J connectivity index is 2.10. The van der Waals surface area contributed by atoms with Gasteiger partial charge in [0.15, 0.2) is 5.82 Å². The molecule has 7 heteroatoms. The van der Waals surface area contributed by atoms with Crippen LogP contribution in [-0.4, -0.2) is 19.7 Å². The van der Waals surface area contributed by atoms with Crippen molar-refractivity contribution in [3.63, 3.8) is 0 Å². The van der Waals surface area contributed by atoms with Gasteiger partial charge in [-0.3, -0.25) is 4.68 Å². The maximum Gasteiger partial charge on any atom is 0.165 e. The van der Waals surface area contributed by atoms with Crippen molar-refractivity contribution in [1.29, 1.82) is 0 Å². The van der Waals surface area contributed by atoms with Gasteiger partial charge in [-0.1, -0.05) is 46.9 Å². The van der Waals surface area contributed by atoms with Crippen LogP contribution in [0.2, 0.25) is 15.3 Å². The Kier molecular flexibility index (Phi) is 3.85. The molecule has 0 saturated heterocycles. The Bertz CT molecular complexity index is 773. The number of hydrogen-bond donors (Lipinski definition) is 0. The van der Waals surface area contributed by atoms with Crippen molar-refractivity contribution < 1.29 is 0 Å². The van der Waals surface area contributed by atoms with Gasteiger partial charge < -0.3 is 0 Å². The Hall–Kier alpha value is -1.62. The predicted octanol–water partition coefficient (Wildman–Crippen LogP) is 4.50. The fourth-order valence-electron chi connectivity index (χ4n) is 1.93. The third-order valence-electron chi connectivity index (χ3n) is 2.92. The van der Waals surface area contributed by atoms with Crippen molar-refractivity contribution in [2.45, 2.75) is 0 Å². The van der Waals surface area contributed by atoms with Gasteiger partial charge in [-0.25, -0.2) is 9.97 Å². The lowest BCUT2D eigenvalue weighted by atomic mass is 10.1. The molecule has 0 fully saturated rings. The van der Waals surface area contributed by atoms with E-state index in [9.17, 15) is 0 Å². The van der Waals surface area contributed by atoms with E-state index in [1.807, 2.05) is 19.2 Å². The molecule has 0 unspecified atom stereocenters. The van der Waals surface area contributed by atoms with Gasteiger partial charge in [-0.15, -0.1) is 0 Å². The van der Waals surface area contributed by atoms with Gasteiger partial charge in [0, 0.05) is 18.3 Å². The molecule has 0 radical (unpaired) electrons. The number of rotatable bonds is 2. The summed E-state index contributed by atoms with van der Waals surface area (Å²) in [7, 11) is 1.81. The lowest BCUT2D eigenvalue weighted by Gasteiger charge is -2.08. The van der Waals surface area contributed by atoms with Crippen molar-refractivity contribution >= 4 is 34.8 Å². The average Bonchev–Trinajstić information content (AvgIpc) is 2.87. The van der Waals surface area contributed by atoms with Gasteiger partial charge >= 0.3 is 0 Å². The highest BCUT2D eigenvalue weighted by Gasteiger charge is 2.15. The molecule has 2 aromatic heterocycles. The Labute approximate surface area is 136 Å². The fourth-order valence-corrected chi connectivity index (χ4v) is 2.66. The zero-order chi connectivity index (χ0) is 15.0. The molecule has 0 amide bonds. The molecular weight excluding hydrogens is 331 g/mol. The summed E-state index contributed by atoms with van der Waals surface area (Å²) in [5.74, 6) is 0.441. The van der Waals surface area contributed by atoms with Crippen LogP contribution in [0, 0.1) is 0 Å². The van der Waals surface area contributed by atoms with E-state index in [2.05, 4.69) is 15.1 Å². The van der Waals surface area contributed by atoms with E-state index in [1.165, 1.54) is 0 Å². The van der Waals surface area contributed by atoms with Crippen molar-refractivity contribution in [3.05, 3.63) is 52.0 Å². The summed E-state index contributed by atoms with van der Waals surface area (Å²) in [5, 5.41) is 5.29. The molecule has 1 aromatic carbocycles. The zero-order valence-corrected chi connectivity index (χ0v) is 13.2. The van der Waals surface area contributed by atoms with Crippen LogP contribution in [0.4, 0.5) is 0 Å². The average molecular weight is 340 g/mol. The van der Waals surface area contributed by atoms with Crippen LogP contribution < -0.4 is 0 Å². The van der Waals surface area contributed by atoms with Crippen molar-refractivity contribution in [2.24, 2.45) is 7.05 Å². The van der Waals surface area contributed by atoms with E-state index in [0.29, 0.717) is 16.4 Å². The third kappa shape index (κ3) is 2.88. The summed E-state index contributed by atoms with van der Waals surface area (Å²) < 4.78 is 1.66. The van der Waals surface area contributed by atoms with Gasteiger partial charge in [0.1, 0.15) is 10.3 Å². The van der Waals surface area contributed by atoms with E-state index < -0.39 is 0 Å². The molecule has 0 atom stereocenters. The zero-order valence-electron chi connectivity index (χ0n) is 10.9. The van der Waals surface area contributed by atoms with Gasteiger partial charge in [0.25, 0.3) is 0 Å². The Morgan fingerprint density at radius 2 is 1.52 bits per heavy atom. The first-order chi connectivity index (χ1) is 10.0. The van der Waals surface area contributed by atoms with Crippen LogP contribution in [0.25, 0.3) is 22.5 Å². The molecular formula is C14H9Cl3N4. The molecule has 0 N–H and O–H groups in total. The number of halogens is 3. The summed E-state index contributed by atoms with van der Waals surface area (Å²) in [6.07, 6.45) is 3.45. The maximum absolute atomic E-state index is 6.27. The smallest absolute Gasteiger partial charge is 0.165 e. The first-order valence-corrected chi connectivity index (χ1v) is 7.16. The summed E-state index contributed by atoms with van der Waals surface area (Å²) in [6.45, 7) is 0. The van der Waals surface area contributed by atoms with Crippen molar-refractivity contribution in [2.75, 3.05) is 0 Å². The SMILES string of the molecule is Cn1cc(-c2nc(Cl)c(-c3ccc(Cl)cc3)c(Cl)n2)cn1. The summed E-state index contributed by atoms with van der Waals surface area (Å²) >= 11 is 18.4. The molecule has 3 aromatic rings. The van der Waals surface area contributed by atoms with Gasteiger partial charge in [0.05, 0.1) is 17.3 Å². The minimum atomic E-state index is 0.288. The van der Waals surface area contributed by atoms with E-state index in [-0.39, 0.29) is 10.3 Å². The molecule has 3 rings (SSSR count). The number of nitrogens with zero attached hydrogens (tertiary/aromatic N) is 4. The normalized spacial score (nSPS) is 10.9. The molecule has 0 saturated carbocycles. The van der Waals surface area contributed by atoms with Crippen LogP contribution in [0.5, 0.6) is 0 Å². The fraction of sp³-hybridized carbons (Fsp3) is 0.0714. The van der Waals surface area contributed by atoms with Crippen LogP contribution >= 0.6 is 34.8 Å². The molecule has 0 spiro atoms. The van der Waals surface area contributed by atoms with Crippen LogP contribution in [0.15, 0.2) is 36.7 Å². The quantitative estimate of drug-likeness (QED) is 0.645. The second kappa shape index (κ2) is 5.64. The predicted molar refractivity (Wildman–Crippen MR) is 84.7 cm³/mol. The monoisotopic (exact) mass is 338 g/mol. The highest BCUT2D eigenvalue weighted by atomic mass is 35.5. The lowest BCUT2D eigenvalue weighted by molar-refractivity contribution is 0.768. The summed E-state index contributed by atoms with van der Waals surface area (Å²) in [5.41, 5.74) is 2.15. The standard InChI is InChI=1S/C14H9Cl3N4/c1-21-7-9(6-18-21)14-19-12(16)11(13(17)20-14)8-2-4-10(15)5-3-8/h2-7H,1H3. The minimum absolute atomic E-state index is 0.288. The van der Waals surface area contributed by atoms with Crippen molar-refractivity contribution in [3.8, 4) is 22.5 Å². The largest absolute Gasteiger partial charge is 0.275 e. The summed E-state index contributed by atoms with van der Waals surface area (Å²) in [6, 6.07) is 7.17. The van der Waals surface area contributed by atoms with E-state index in [4.69, 9.17) is 34.8 Å². The molecule has 0 aliphatic heterocycles.